The van der Waals surface area contributed by atoms with Crippen LogP contribution in [0.25, 0.3) is 0 Å². The molecule has 1 aliphatic carbocycles. The summed E-state index contributed by atoms with van der Waals surface area (Å²) in [5, 5.41) is 0. The lowest BCUT2D eigenvalue weighted by molar-refractivity contribution is 0.0970. The van der Waals surface area contributed by atoms with Crippen LogP contribution in [0, 0.1) is 0 Å². The van der Waals surface area contributed by atoms with Crippen molar-refractivity contribution >= 4 is 5.78 Å². The van der Waals surface area contributed by atoms with Crippen LogP contribution < -0.4 is 0 Å². The number of carbonyl (C=O) groups excluding carboxylic acids is 1. The molecule has 1 aromatic rings. The zero-order valence-corrected chi connectivity index (χ0v) is 10.8. The third-order valence-corrected chi connectivity index (χ3v) is 3.59. The highest BCUT2D eigenvalue weighted by Gasteiger charge is 2.23. The van der Waals surface area contributed by atoms with Crippen molar-refractivity contribution < 1.29 is 4.79 Å². The summed E-state index contributed by atoms with van der Waals surface area (Å²) in [6, 6.07) is 8.15. The average molecular weight is 231 g/mol. The quantitative estimate of drug-likeness (QED) is 0.726. The first-order chi connectivity index (χ1) is 8.18. The van der Waals surface area contributed by atoms with Crippen molar-refractivity contribution in [2.75, 3.05) is 20.6 Å². The molecule has 0 heterocycles. The summed E-state index contributed by atoms with van der Waals surface area (Å²) < 4.78 is 0. The molecule has 0 aliphatic heterocycles. The van der Waals surface area contributed by atoms with Crippen LogP contribution in [0.3, 0.4) is 0 Å². The smallest absolute Gasteiger partial charge is 0.164 e. The van der Waals surface area contributed by atoms with E-state index in [-0.39, 0.29) is 0 Å². The molecule has 0 radical (unpaired) electrons. The maximum absolute atomic E-state index is 12.2. The van der Waals surface area contributed by atoms with Gasteiger partial charge in [0, 0.05) is 18.5 Å². The van der Waals surface area contributed by atoms with Gasteiger partial charge < -0.3 is 4.90 Å². The SMILES string of the molecule is CN(C)CCC(=O)c1ccccc1C1CCC1. The molecule has 1 fully saturated rings. The van der Waals surface area contributed by atoms with Crippen LogP contribution in [-0.4, -0.2) is 31.3 Å². The molecule has 92 valence electrons. The molecule has 17 heavy (non-hydrogen) atoms. The first-order valence-corrected chi connectivity index (χ1v) is 6.45. The van der Waals surface area contributed by atoms with E-state index in [1.165, 1.54) is 24.8 Å². The van der Waals surface area contributed by atoms with Crippen molar-refractivity contribution in [2.45, 2.75) is 31.6 Å². The lowest BCUT2D eigenvalue weighted by Crippen LogP contribution is -2.19. The van der Waals surface area contributed by atoms with E-state index < -0.39 is 0 Å². The van der Waals surface area contributed by atoms with Crippen LogP contribution in [0.5, 0.6) is 0 Å². The lowest BCUT2D eigenvalue weighted by atomic mass is 9.77. The molecular weight excluding hydrogens is 210 g/mol. The molecule has 0 saturated heterocycles. The summed E-state index contributed by atoms with van der Waals surface area (Å²) in [5.41, 5.74) is 2.24. The Hall–Kier alpha value is -1.15. The van der Waals surface area contributed by atoms with Crippen LogP contribution in [0.4, 0.5) is 0 Å². The lowest BCUT2D eigenvalue weighted by Gasteiger charge is -2.27. The highest BCUT2D eigenvalue weighted by molar-refractivity contribution is 5.97. The van der Waals surface area contributed by atoms with E-state index in [1.807, 2.05) is 26.2 Å². The molecule has 1 saturated carbocycles. The fourth-order valence-corrected chi connectivity index (χ4v) is 2.29. The van der Waals surface area contributed by atoms with Gasteiger partial charge in [-0.15, -0.1) is 0 Å². The minimum absolute atomic E-state index is 0.293. The summed E-state index contributed by atoms with van der Waals surface area (Å²) in [5.74, 6) is 0.927. The number of rotatable bonds is 5. The number of benzene rings is 1. The average Bonchev–Trinajstić information content (AvgIpc) is 2.24. The molecule has 0 spiro atoms. The van der Waals surface area contributed by atoms with E-state index in [0.717, 1.165) is 12.1 Å². The van der Waals surface area contributed by atoms with Gasteiger partial charge in [-0.2, -0.15) is 0 Å². The van der Waals surface area contributed by atoms with Crippen LogP contribution in [0.2, 0.25) is 0 Å². The Kier molecular flexibility index (Phi) is 3.95. The minimum atomic E-state index is 0.293. The molecule has 2 heteroatoms. The fourth-order valence-electron chi connectivity index (χ4n) is 2.29. The van der Waals surface area contributed by atoms with Crippen molar-refractivity contribution in [3.8, 4) is 0 Å². The molecular formula is C15H21NO. The zero-order valence-electron chi connectivity index (χ0n) is 10.8. The Bertz CT molecular complexity index is 394. The molecule has 0 amide bonds. The van der Waals surface area contributed by atoms with Crippen LogP contribution >= 0.6 is 0 Å². The maximum Gasteiger partial charge on any atom is 0.164 e. The monoisotopic (exact) mass is 231 g/mol. The van der Waals surface area contributed by atoms with E-state index in [9.17, 15) is 4.79 Å². The third-order valence-electron chi connectivity index (χ3n) is 3.59. The number of nitrogens with zero attached hydrogens (tertiary/aromatic N) is 1. The summed E-state index contributed by atoms with van der Waals surface area (Å²) in [7, 11) is 4.01. The Labute approximate surface area is 104 Å². The second-order valence-electron chi connectivity index (χ2n) is 5.19. The van der Waals surface area contributed by atoms with Gasteiger partial charge in [-0.1, -0.05) is 30.7 Å². The standard InChI is InChI=1S/C15H21NO/c1-16(2)11-10-15(17)14-9-4-3-8-13(14)12-6-5-7-12/h3-4,8-9,12H,5-7,10-11H2,1-2H3. The summed E-state index contributed by atoms with van der Waals surface area (Å²) in [4.78, 5) is 14.2. The molecule has 0 aromatic heterocycles. The molecule has 1 aliphatic rings. The van der Waals surface area contributed by atoms with Crippen molar-refractivity contribution in [1.29, 1.82) is 0 Å². The topological polar surface area (TPSA) is 20.3 Å². The van der Waals surface area contributed by atoms with Gasteiger partial charge in [0.1, 0.15) is 0 Å². The molecule has 0 unspecified atom stereocenters. The number of ketones is 1. The normalized spacial score (nSPS) is 15.9. The number of carbonyl (C=O) groups is 1. The summed E-state index contributed by atoms with van der Waals surface area (Å²) >= 11 is 0. The van der Waals surface area contributed by atoms with Crippen molar-refractivity contribution in [3.63, 3.8) is 0 Å². The predicted molar refractivity (Wildman–Crippen MR) is 70.5 cm³/mol. The molecule has 0 atom stereocenters. The minimum Gasteiger partial charge on any atom is -0.309 e. The largest absolute Gasteiger partial charge is 0.309 e. The molecule has 0 N–H and O–H groups in total. The number of Topliss-reactive ketones (excluding diaryl/α,β-unsaturated/α-hetero) is 1. The zero-order chi connectivity index (χ0) is 12.3. The third kappa shape index (κ3) is 2.95. The van der Waals surface area contributed by atoms with Gasteiger partial charge in [-0.25, -0.2) is 0 Å². The van der Waals surface area contributed by atoms with Gasteiger partial charge >= 0.3 is 0 Å². The van der Waals surface area contributed by atoms with Gasteiger partial charge in [0.25, 0.3) is 0 Å². The van der Waals surface area contributed by atoms with Crippen molar-refractivity contribution in [3.05, 3.63) is 35.4 Å². The molecule has 2 rings (SSSR count). The maximum atomic E-state index is 12.2. The summed E-state index contributed by atoms with van der Waals surface area (Å²) in [6.45, 7) is 0.831. The van der Waals surface area contributed by atoms with Gasteiger partial charge in [-0.3, -0.25) is 4.79 Å². The molecule has 1 aromatic carbocycles. The van der Waals surface area contributed by atoms with E-state index in [4.69, 9.17) is 0 Å². The Morgan fingerprint density at radius 2 is 2.00 bits per heavy atom. The Morgan fingerprint density at radius 3 is 2.59 bits per heavy atom. The van der Waals surface area contributed by atoms with Crippen LogP contribution in [0.1, 0.15) is 47.5 Å². The van der Waals surface area contributed by atoms with Gasteiger partial charge in [0.05, 0.1) is 0 Å². The number of hydrogen-bond donors (Lipinski definition) is 0. The van der Waals surface area contributed by atoms with Gasteiger partial charge in [0.2, 0.25) is 0 Å². The van der Waals surface area contributed by atoms with Crippen LogP contribution in [-0.2, 0) is 0 Å². The second kappa shape index (κ2) is 5.46. The fraction of sp³-hybridized carbons (Fsp3) is 0.533. The van der Waals surface area contributed by atoms with E-state index in [2.05, 4.69) is 17.0 Å². The van der Waals surface area contributed by atoms with Crippen molar-refractivity contribution in [1.82, 2.24) is 4.90 Å². The van der Waals surface area contributed by atoms with Gasteiger partial charge in [-0.05, 0) is 38.4 Å². The van der Waals surface area contributed by atoms with Crippen LogP contribution in [0.15, 0.2) is 24.3 Å². The van der Waals surface area contributed by atoms with E-state index in [1.54, 1.807) is 0 Å². The molecule has 2 nitrogen and oxygen atoms in total. The predicted octanol–water partition coefficient (Wildman–Crippen LogP) is 3.09. The second-order valence-corrected chi connectivity index (χ2v) is 5.19. The first-order valence-electron chi connectivity index (χ1n) is 6.45. The van der Waals surface area contributed by atoms with Crippen molar-refractivity contribution in [2.24, 2.45) is 0 Å². The van der Waals surface area contributed by atoms with E-state index in [0.29, 0.717) is 18.1 Å². The number of hydrogen-bond acceptors (Lipinski definition) is 2. The molecule has 0 bridgehead atoms. The highest BCUT2D eigenvalue weighted by atomic mass is 16.1. The Balaban J connectivity index is 2.10. The Morgan fingerprint density at radius 1 is 1.29 bits per heavy atom. The first kappa shape index (κ1) is 12.3. The van der Waals surface area contributed by atoms with E-state index >= 15 is 0 Å². The summed E-state index contributed by atoms with van der Waals surface area (Å²) in [6.07, 6.45) is 4.43. The highest BCUT2D eigenvalue weighted by Crippen LogP contribution is 2.38. The van der Waals surface area contributed by atoms with Gasteiger partial charge in [0.15, 0.2) is 5.78 Å².